The van der Waals surface area contributed by atoms with Crippen molar-refractivity contribution in [2.45, 2.75) is 58.2 Å². The highest BCUT2D eigenvalue weighted by Gasteiger charge is 2.39. The third-order valence-electron chi connectivity index (χ3n) is 6.78. The molecule has 2 amide bonds. The zero-order valence-corrected chi connectivity index (χ0v) is 24.6. The molecule has 0 unspecified atom stereocenters. The van der Waals surface area contributed by atoms with Gasteiger partial charge in [-0.1, -0.05) is 29.3 Å². The van der Waals surface area contributed by atoms with Gasteiger partial charge >= 0.3 is 6.09 Å². The van der Waals surface area contributed by atoms with Crippen molar-refractivity contribution >= 4 is 47.0 Å². The second-order valence-electron chi connectivity index (χ2n) is 10.8. The Morgan fingerprint density at radius 3 is 2.49 bits per heavy atom. The molecular weight excluding hydrogens is 543 g/mol. The number of piperazine rings is 1. The Kier molecular flexibility index (Phi) is 8.96. The van der Waals surface area contributed by atoms with Crippen LogP contribution in [-0.2, 0) is 9.53 Å². The van der Waals surface area contributed by atoms with Crippen molar-refractivity contribution in [3.05, 3.63) is 40.0 Å². The highest BCUT2D eigenvalue weighted by molar-refractivity contribution is 6.35. The van der Waals surface area contributed by atoms with Crippen molar-refractivity contribution in [1.29, 1.82) is 0 Å². The van der Waals surface area contributed by atoms with Gasteiger partial charge in [-0.2, -0.15) is 4.98 Å². The molecule has 1 aromatic carbocycles. The van der Waals surface area contributed by atoms with Crippen LogP contribution in [0.2, 0.25) is 10.0 Å². The summed E-state index contributed by atoms with van der Waals surface area (Å²) in [5.74, 6) is 1.55. The summed E-state index contributed by atoms with van der Waals surface area (Å²) in [5, 5.41) is 4.50. The lowest BCUT2D eigenvalue weighted by molar-refractivity contribution is -0.136. The number of aromatic nitrogens is 2. The van der Waals surface area contributed by atoms with Gasteiger partial charge in [0.25, 0.3) is 0 Å². The van der Waals surface area contributed by atoms with Crippen LogP contribution in [0.25, 0.3) is 0 Å². The van der Waals surface area contributed by atoms with E-state index in [-0.39, 0.29) is 11.9 Å². The molecule has 3 heterocycles. The zero-order chi connectivity index (χ0) is 28.3. The predicted molar refractivity (Wildman–Crippen MR) is 152 cm³/mol. The Morgan fingerprint density at radius 1 is 1.13 bits per heavy atom. The predicted octanol–water partition coefficient (Wildman–Crippen LogP) is 5.01. The molecule has 0 radical (unpaired) electrons. The number of likely N-dealkylation sites (tertiary alicyclic amines) is 1. The number of halogens is 2. The van der Waals surface area contributed by atoms with E-state index < -0.39 is 17.7 Å². The number of benzene rings is 1. The number of rotatable bonds is 6. The van der Waals surface area contributed by atoms with E-state index in [1.807, 2.05) is 43.6 Å². The second kappa shape index (κ2) is 12.0. The van der Waals surface area contributed by atoms with Crippen LogP contribution in [0.3, 0.4) is 0 Å². The lowest BCUT2D eigenvalue weighted by Gasteiger charge is -2.37. The molecule has 0 spiro atoms. The molecule has 212 valence electrons. The van der Waals surface area contributed by atoms with Crippen LogP contribution in [-0.4, -0.2) is 83.2 Å². The van der Waals surface area contributed by atoms with Crippen LogP contribution in [0.1, 0.15) is 52.1 Å². The van der Waals surface area contributed by atoms with Crippen molar-refractivity contribution in [3.8, 4) is 5.75 Å². The highest BCUT2D eigenvalue weighted by atomic mass is 35.5. The fourth-order valence-corrected chi connectivity index (χ4v) is 5.37. The van der Waals surface area contributed by atoms with Gasteiger partial charge in [0.05, 0.1) is 19.3 Å². The highest BCUT2D eigenvalue weighted by Crippen LogP contribution is 2.32. The summed E-state index contributed by atoms with van der Waals surface area (Å²) in [4.78, 5) is 40.7. The molecule has 0 bridgehead atoms. The molecule has 10 nitrogen and oxygen atoms in total. The van der Waals surface area contributed by atoms with Crippen LogP contribution in [0.4, 0.5) is 16.6 Å². The minimum Gasteiger partial charge on any atom is -0.491 e. The average Bonchev–Trinajstić information content (AvgIpc) is 3.37. The Hall–Kier alpha value is -2.98. The molecule has 2 atom stereocenters. The molecule has 0 aliphatic carbocycles. The van der Waals surface area contributed by atoms with E-state index in [1.54, 1.807) is 30.3 Å². The molecule has 2 aliphatic heterocycles. The van der Waals surface area contributed by atoms with Crippen LogP contribution >= 0.6 is 23.2 Å². The Morgan fingerprint density at radius 2 is 1.85 bits per heavy atom. The average molecular weight is 580 g/mol. The maximum Gasteiger partial charge on any atom is 0.410 e. The summed E-state index contributed by atoms with van der Waals surface area (Å²) in [6.07, 6.45) is 2.63. The molecule has 4 rings (SSSR count). The number of nitrogens with one attached hydrogen (secondary N) is 1. The van der Waals surface area contributed by atoms with E-state index in [1.165, 1.54) is 0 Å². The number of hydrogen-bond donors (Lipinski definition) is 1. The number of amides is 2. The Balaban J connectivity index is 1.40. The van der Waals surface area contributed by atoms with Crippen molar-refractivity contribution in [1.82, 2.24) is 19.8 Å². The summed E-state index contributed by atoms with van der Waals surface area (Å²) in [6.45, 7) is 10.1. The van der Waals surface area contributed by atoms with Crippen molar-refractivity contribution in [3.63, 3.8) is 0 Å². The van der Waals surface area contributed by atoms with Gasteiger partial charge in [0.1, 0.15) is 11.6 Å². The summed E-state index contributed by atoms with van der Waals surface area (Å²) in [6, 6.07) is 4.73. The molecule has 39 heavy (non-hydrogen) atoms. The van der Waals surface area contributed by atoms with E-state index in [0.717, 1.165) is 12.0 Å². The van der Waals surface area contributed by atoms with Gasteiger partial charge < -0.3 is 24.6 Å². The van der Waals surface area contributed by atoms with E-state index >= 15 is 0 Å². The number of ether oxygens (including phenoxy) is 2. The molecule has 12 heteroatoms. The first-order valence-electron chi connectivity index (χ1n) is 13.1. The number of carbonyl (C=O) groups excluding carboxylic acids is 2. The van der Waals surface area contributed by atoms with E-state index in [0.29, 0.717) is 66.7 Å². The van der Waals surface area contributed by atoms with Crippen molar-refractivity contribution < 1.29 is 19.1 Å². The first kappa shape index (κ1) is 29.0. The number of nitrogens with zero attached hydrogens (tertiary/aromatic N) is 5. The SMILES string of the molecule is COc1cnc(N2CCN(C(=O)[C@H]3CCCN3C(=O)OC(C)(C)C)CC2)nc1N[C@H](C)c1ccc(Cl)cc1Cl. The maximum absolute atomic E-state index is 13.3. The summed E-state index contributed by atoms with van der Waals surface area (Å²) in [7, 11) is 1.57. The van der Waals surface area contributed by atoms with E-state index in [9.17, 15) is 9.59 Å². The monoisotopic (exact) mass is 578 g/mol. The molecule has 2 aromatic rings. The standard InChI is InChI=1S/C27H36Cl2N6O4/c1-17(19-9-8-18(28)15-20(19)29)31-23-22(38-5)16-30-25(32-23)34-13-11-33(12-14-34)24(36)21-7-6-10-35(21)26(37)39-27(2,3)4/h8-9,15-17,21H,6-7,10-14H2,1-5H3,(H,30,31,32)/t17-,21-/m1/s1. The van der Waals surface area contributed by atoms with Gasteiger partial charge in [-0.15, -0.1) is 0 Å². The lowest BCUT2D eigenvalue weighted by Crippen LogP contribution is -2.55. The molecule has 1 N–H and O–H groups in total. The van der Waals surface area contributed by atoms with Gasteiger partial charge in [0.15, 0.2) is 11.6 Å². The van der Waals surface area contributed by atoms with Gasteiger partial charge in [-0.25, -0.2) is 9.78 Å². The van der Waals surface area contributed by atoms with Gasteiger partial charge in [0, 0.05) is 42.8 Å². The Labute approximate surface area is 239 Å². The smallest absolute Gasteiger partial charge is 0.410 e. The first-order valence-corrected chi connectivity index (χ1v) is 13.9. The molecular formula is C27H36Cl2N6O4. The van der Waals surface area contributed by atoms with Gasteiger partial charge in [0.2, 0.25) is 11.9 Å². The Bertz CT molecular complexity index is 1200. The minimum atomic E-state index is -0.607. The van der Waals surface area contributed by atoms with E-state index in [2.05, 4.69) is 10.3 Å². The maximum atomic E-state index is 13.3. The van der Waals surface area contributed by atoms with Crippen LogP contribution < -0.4 is 15.0 Å². The normalized spacial score (nSPS) is 18.6. The van der Waals surface area contributed by atoms with Crippen molar-refractivity contribution in [2.24, 2.45) is 0 Å². The minimum absolute atomic E-state index is 0.0373. The fourth-order valence-electron chi connectivity index (χ4n) is 4.80. The molecule has 0 saturated carbocycles. The number of hydrogen-bond acceptors (Lipinski definition) is 8. The zero-order valence-electron chi connectivity index (χ0n) is 23.0. The molecule has 2 fully saturated rings. The summed E-state index contributed by atoms with van der Waals surface area (Å²) < 4.78 is 11.0. The summed E-state index contributed by atoms with van der Waals surface area (Å²) in [5.41, 5.74) is 0.270. The van der Waals surface area contributed by atoms with Gasteiger partial charge in [-0.05, 0) is 58.2 Å². The topological polar surface area (TPSA) is 100 Å². The number of anilines is 2. The molecule has 2 saturated heterocycles. The van der Waals surface area contributed by atoms with Crippen LogP contribution in [0.5, 0.6) is 5.75 Å². The number of methoxy groups -OCH3 is 1. The van der Waals surface area contributed by atoms with Gasteiger partial charge in [-0.3, -0.25) is 9.69 Å². The van der Waals surface area contributed by atoms with E-state index in [4.69, 9.17) is 37.7 Å². The summed E-state index contributed by atoms with van der Waals surface area (Å²) >= 11 is 12.4. The third kappa shape index (κ3) is 6.97. The van der Waals surface area contributed by atoms with Crippen molar-refractivity contribution in [2.75, 3.05) is 50.1 Å². The second-order valence-corrected chi connectivity index (χ2v) is 11.6. The third-order valence-corrected chi connectivity index (χ3v) is 7.35. The molecule has 1 aromatic heterocycles. The van der Waals surface area contributed by atoms with Crippen LogP contribution in [0, 0.1) is 0 Å². The fraction of sp³-hybridized carbons (Fsp3) is 0.556. The number of carbonyl (C=O) groups is 2. The quantitative estimate of drug-likeness (QED) is 0.510. The van der Waals surface area contributed by atoms with Crippen LogP contribution in [0.15, 0.2) is 24.4 Å². The largest absolute Gasteiger partial charge is 0.491 e. The lowest BCUT2D eigenvalue weighted by atomic mass is 10.1. The molecule has 2 aliphatic rings. The first-order chi connectivity index (χ1) is 18.5.